The highest BCUT2D eigenvalue weighted by Gasteiger charge is 2.13. The van der Waals surface area contributed by atoms with E-state index in [4.69, 9.17) is 14.2 Å². The lowest BCUT2D eigenvalue weighted by Gasteiger charge is -2.11. The molecule has 0 aliphatic carbocycles. The molecular formula is C18H18N2O5S. The molecule has 8 heteroatoms. The number of methoxy groups -OCH3 is 1. The number of aromatic nitrogens is 2. The summed E-state index contributed by atoms with van der Waals surface area (Å²) >= 11 is 1.34. The van der Waals surface area contributed by atoms with E-state index < -0.39 is 5.97 Å². The van der Waals surface area contributed by atoms with Crippen LogP contribution in [0, 0.1) is 0 Å². The van der Waals surface area contributed by atoms with Gasteiger partial charge in [-0.1, -0.05) is 6.92 Å². The summed E-state index contributed by atoms with van der Waals surface area (Å²) in [4.78, 5) is 29.1. The van der Waals surface area contributed by atoms with Crippen LogP contribution in [0.4, 0.5) is 0 Å². The molecule has 0 atom stereocenters. The first-order chi connectivity index (χ1) is 12.6. The zero-order valence-electron chi connectivity index (χ0n) is 14.4. The smallest absolute Gasteiger partial charge is 0.338 e. The SMILES string of the molecule is CCCOc1ccc(C(=O)OCc2cc(=O)n3ccsc3n2)cc1OC. The van der Waals surface area contributed by atoms with E-state index in [2.05, 4.69) is 4.98 Å². The third kappa shape index (κ3) is 3.85. The number of nitrogens with zero attached hydrogens (tertiary/aromatic N) is 2. The zero-order chi connectivity index (χ0) is 18.5. The second kappa shape index (κ2) is 8.01. The topological polar surface area (TPSA) is 79.1 Å². The number of fused-ring (bicyclic) bond motifs is 1. The van der Waals surface area contributed by atoms with Gasteiger partial charge in [0.25, 0.3) is 5.56 Å². The van der Waals surface area contributed by atoms with Crippen molar-refractivity contribution in [2.45, 2.75) is 20.0 Å². The minimum absolute atomic E-state index is 0.0844. The number of ether oxygens (including phenoxy) is 3. The third-order valence-electron chi connectivity index (χ3n) is 3.57. The van der Waals surface area contributed by atoms with E-state index in [1.807, 2.05) is 6.92 Å². The Morgan fingerprint density at radius 1 is 1.27 bits per heavy atom. The van der Waals surface area contributed by atoms with Crippen molar-refractivity contribution in [3.05, 3.63) is 57.5 Å². The van der Waals surface area contributed by atoms with E-state index in [1.54, 1.807) is 29.8 Å². The van der Waals surface area contributed by atoms with Crippen LogP contribution in [0.25, 0.3) is 4.96 Å². The Labute approximate surface area is 153 Å². The minimum atomic E-state index is -0.529. The molecule has 0 saturated heterocycles. The van der Waals surface area contributed by atoms with E-state index in [9.17, 15) is 9.59 Å². The second-order valence-electron chi connectivity index (χ2n) is 5.43. The van der Waals surface area contributed by atoms with Gasteiger partial charge in [-0.2, -0.15) is 0 Å². The van der Waals surface area contributed by atoms with Crippen LogP contribution in [-0.4, -0.2) is 29.1 Å². The molecule has 3 rings (SSSR count). The predicted molar refractivity (Wildman–Crippen MR) is 97.2 cm³/mol. The maximum atomic E-state index is 12.3. The molecule has 0 aliphatic heterocycles. The van der Waals surface area contributed by atoms with Gasteiger partial charge in [-0.15, -0.1) is 11.3 Å². The lowest BCUT2D eigenvalue weighted by molar-refractivity contribution is 0.0467. The number of rotatable bonds is 7. The summed E-state index contributed by atoms with van der Waals surface area (Å²) in [6.07, 6.45) is 2.52. The molecular weight excluding hydrogens is 356 g/mol. The Hall–Kier alpha value is -2.87. The fourth-order valence-electron chi connectivity index (χ4n) is 2.31. The highest BCUT2D eigenvalue weighted by Crippen LogP contribution is 2.28. The number of carbonyl (C=O) groups is 1. The monoisotopic (exact) mass is 374 g/mol. The van der Waals surface area contributed by atoms with Crippen LogP contribution in [0.5, 0.6) is 11.5 Å². The first-order valence-corrected chi connectivity index (χ1v) is 8.94. The fraction of sp³-hybridized carbons (Fsp3) is 0.278. The lowest BCUT2D eigenvalue weighted by Crippen LogP contribution is -2.14. The molecule has 3 aromatic rings. The normalized spacial score (nSPS) is 10.7. The van der Waals surface area contributed by atoms with E-state index in [0.717, 1.165) is 6.42 Å². The molecule has 7 nitrogen and oxygen atoms in total. The summed E-state index contributed by atoms with van der Waals surface area (Å²) < 4.78 is 17.5. The minimum Gasteiger partial charge on any atom is -0.493 e. The molecule has 0 amide bonds. The van der Waals surface area contributed by atoms with Gasteiger partial charge in [0.1, 0.15) is 6.61 Å². The van der Waals surface area contributed by atoms with Crippen LogP contribution in [0.15, 0.2) is 40.6 Å². The number of hydrogen-bond donors (Lipinski definition) is 0. The van der Waals surface area contributed by atoms with Gasteiger partial charge in [0, 0.05) is 17.6 Å². The van der Waals surface area contributed by atoms with Gasteiger partial charge < -0.3 is 14.2 Å². The Balaban J connectivity index is 1.71. The van der Waals surface area contributed by atoms with Gasteiger partial charge in [0.05, 0.1) is 25.0 Å². The van der Waals surface area contributed by atoms with Crippen LogP contribution in [0.2, 0.25) is 0 Å². The largest absolute Gasteiger partial charge is 0.493 e. The first kappa shape index (κ1) is 17.9. The molecule has 0 radical (unpaired) electrons. The van der Waals surface area contributed by atoms with E-state index in [0.29, 0.717) is 34.3 Å². The van der Waals surface area contributed by atoms with Crippen molar-refractivity contribution < 1.29 is 19.0 Å². The molecule has 0 N–H and O–H groups in total. The molecule has 0 spiro atoms. The second-order valence-corrected chi connectivity index (χ2v) is 6.30. The van der Waals surface area contributed by atoms with Crippen LogP contribution >= 0.6 is 11.3 Å². The molecule has 1 aromatic carbocycles. The highest BCUT2D eigenvalue weighted by molar-refractivity contribution is 7.15. The number of hydrogen-bond acceptors (Lipinski definition) is 7. The molecule has 0 saturated carbocycles. The third-order valence-corrected chi connectivity index (χ3v) is 4.32. The standard InChI is InChI=1S/C18H18N2O5S/c1-3-7-24-14-5-4-12(9-15(14)23-2)17(22)25-11-13-10-16(21)20-6-8-26-18(20)19-13/h4-6,8-10H,3,7,11H2,1-2H3. The van der Waals surface area contributed by atoms with Gasteiger partial charge >= 0.3 is 5.97 Å². The molecule has 0 unspecified atom stereocenters. The summed E-state index contributed by atoms with van der Waals surface area (Å²) in [7, 11) is 1.51. The van der Waals surface area contributed by atoms with Gasteiger partial charge in [-0.25, -0.2) is 9.78 Å². The van der Waals surface area contributed by atoms with Crippen molar-refractivity contribution in [1.29, 1.82) is 0 Å². The number of thiazole rings is 1. The average Bonchev–Trinajstić information content (AvgIpc) is 3.13. The van der Waals surface area contributed by atoms with Crippen LogP contribution in [0.1, 0.15) is 29.4 Å². The maximum absolute atomic E-state index is 12.3. The maximum Gasteiger partial charge on any atom is 0.338 e. The van der Waals surface area contributed by atoms with E-state index in [-0.39, 0.29) is 12.2 Å². The Bertz CT molecular complexity index is 979. The van der Waals surface area contributed by atoms with Crippen molar-refractivity contribution in [3.63, 3.8) is 0 Å². The number of esters is 1. The molecule has 0 fully saturated rings. The van der Waals surface area contributed by atoms with Gasteiger partial charge in [0.2, 0.25) is 0 Å². The molecule has 0 aliphatic rings. The molecule has 0 bridgehead atoms. The summed E-state index contributed by atoms with van der Waals surface area (Å²) in [5, 5.41) is 1.77. The van der Waals surface area contributed by atoms with Gasteiger partial charge in [-0.3, -0.25) is 9.20 Å². The summed E-state index contributed by atoms with van der Waals surface area (Å²) in [5.41, 5.74) is 0.529. The van der Waals surface area contributed by atoms with Crippen molar-refractivity contribution in [2.24, 2.45) is 0 Å². The Morgan fingerprint density at radius 2 is 2.12 bits per heavy atom. The predicted octanol–water partition coefficient (Wildman–Crippen LogP) is 2.91. The summed E-state index contributed by atoms with van der Waals surface area (Å²) in [5.74, 6) is 0.506. The number of benzene rings is 1. The van der Waals surface area contributed by atoms with Crippen molar-refractivity contribution in [3.8, 4) is 11.5 Å². The molecule has 2 aromatic heterocycles. The van der Waals surface area contributed by atoms with Gasteiger partial charge in [0.15, 0.2) is 16.5 Å². The van der Waals surface area contributed by atoms with Crippen LogP contribution in [-0.2, 0) is 11.3 Å². The first-order valence-electron chi connectivity index (χ1n) is 8.06. The van der Waals surface area contributed by atoms with Crippen molar-refractivity contribution >= 4 is 22.3 Å². The summed E-state index contributed by atoms with van der Waals surface area (Å²) in [6.45, 7) is 2.48. The average molecular weight is 374 g/mol. The van der Waals surface area contributed by atoms with Crippen LogP contribution < -0.4 is 15.0 Å². The van der Waals surface area contributed by atoms with Crippen LogP contribution in [0.3, 0.4) is 0 Å². The Kier molecular flexibility index (Phi) is 5.52. The fourth-order valence-corrected chi connectivity index (χ4v) is 3.05. The van der Waals surface area contributed by atoms with E-state index in [1.165, 1.54) is 28.9 Å². The van der Waals surface area contributed by atoms with Crippen molar-refractivity contribution in [1.82, 2.24) is 9.38 Å². The highest BCUT2D eigenvalue weighted by atomic mass is 32.1. The molecule has 2 heterocycles. The van der Waals surface area contributed by atoms with E-state index >= 15 is 0 Å². The Morgan fingerprint density at radius 3 is 2.88 bits per heavy atom. The number of carbonyl (C=O) groups excluding carboxylic acids is 1. The summed E-state index contributed by atoms with van der Waals surface area (Å²) in [6, 6.07) is 6.21. The molecule has 26 heavy (non-hydrogen) atoms. The zero-order valence-corrected chi connectivity index (χ0v) is 15.2. The van der Waals surface area contributed by atoms with Gasteiger partial charge in [-0.05, 0) is 24.6 Å². The molecule has 136 valence electrons. The quantitative estimate of drug-likeness (QED) is 0.592. The van der Waals surface area contributed by atoms with Crippen molar-refractivity contribution in [2.75, 3.05) is 13.7 Å². The lowest BCUT2D eigenvalue weighted by atomic mass is 10.2.